The van der Waals surface area contributed by atoms with Crippen molar-refractivity contribution < 1.29 is 8.42 Å². The standard InChI is InChI=1S/C18H32N4O2S/c1-5-6-14-22(3)15-13-21-18(19-2)20-12-11-16-7-9-17(10-8-16)25(4,23)24/h7-10H,5-6,11-15H2,1-4H3,(H2,19,20,21). The van der Waals surface area contributed by atoms with Gasteiger partial charge in [-0.3, -0.25) is 4.99 Å². The third-order valence-corrected chi connectivity index (χ3v) is 5.09. The first-order valence-corrected chi connectivity index (χ1v) is 10.7. The van der Waals surface area contributed by atoms with E-state index in [0.717, 1.165) is 44.1 Å². The van der Waals surface area contributed by atoms with Crippen molar-refractivity contribution in [2.45, 2.75) is 31.1 Å². The Balaban J connectivity index is 2.31. The summed E-state index contributed by atoms with van der Waals surface area (Å²) < 4.78 is 22.9. The zero-order valence-corrected chi connectivity index (χ0v) is 16.7. The Morgan fingerprint density at radius 3 is 2.32 bits per heavy atom. The maximum absolute atomic E-state index is 11.5. The molecule has 0 unspecified atom stereocenters. The second-order valence-electron chi connectivity index (χ2n) is 6.25. The van der Waals surface area contributed by atoms with Crippen LogP contribution in [0.2, 0.25) is 0 Å². The molecule has 0 amide bonds. The van der Waals surface area contributed by atoms with E-state index in [9.17, 15) is 8.42 Å². The lowest BCUT2D eigenvalue weighted by Crippen LogP contribution is -2.41. The van der Waals surface area contributed by atoms with Gasteiger partial charge in [-0.1, -0.05) is 25.5 Å². The normalized spacial score (nSPS) is 12.4. The number of unbranched alkanes of at least 4 members (excludes halogenated alkanes) is 1. The molecule has 0 aliphatic rings. The zero-order chi connectivity index (χ0) is 18.7. The molecular formula is C18H32N4O2S. The quantitative estimate of drug-likeness (QED) is 0.484. The molecule has 0 radical (unpaired) electrons. The lowest BCUT2D eigenvalue weighted by molar-refractivity contribution is 0.332. The summed E-state index contributed by atoms with van der Waals surface area (Å²) in [7, 11) is 0.764. The molecule has 2 N–H and O–H groups in total. The van der Waals surface area contributed by atoms with Gasteiger partial charge in [-0.2, -0.15) is 0 Å². The molecule has 1 aromatic rings. The van der Waals surface area contributed by atoms with Crippen molar-refractivity contribution in [1.29, 1.82) is 0 Å². The van der Waals surface area contributed by atoms with E-state index < -0.39 is 9.84 Å². The predicted molar refractivity (Wildman–Crippen MR) is 105 cm³/mol. The molecule has 0 aliphatic heterocycles. The number of aliphatic imine (C=N–C) groups is 1. The third kappa shape index (κ3) is 8.88. The second-order valence-corrected chi connectivity index (χ2v) is 8.26. The average molecular weight is 369 g/mol. The summed E-state index contributed by atoms with van der Waals surface area (Å²) in [6.45, 7) is 5.89. The molecule has 1 rings (SSSR count). The zero-order valence-electron chi connectivity index (χ0n) is 15.9. The number of hydrogen-bond donors (Lipinski definition) is 2. The molecule has 0 atom stereocenters. The van der Waals surface area contributed by atoms with Gasteiger partial charge in [0.25, 0.3) is 0 Å². The number of likely N-dealkylation sites (N-methyl/N-ethyl adjacent to an activating group) is 1. The molecule has 0 spiro atoms. The first-order valence-electron chi connectivity index (χ1n) is 8.79. The largest absolute Gasteiger partial charge is 0.356 e. The summed E-state index contributed by atoms with van der Waals surface area (Å²) in [5.74, 6) is 0.789. The highest BCUT2D eigenvalue weighted by Crippen LogP contribution is 2.10. The monoisotopic (exact) mass is 368 g/mol. The van der Waals surface area contributed by atoms with Crippen LogP contribution in [0.15, 0.2) is 34.2 Å². The summed E-state index contributed by atoms with van der Waals surface area (Å²) in [5, 5.41) is 6.59. The van der Waals surface area contributed by atoms with Crippen molar-refractivity contribution >= 4 is 15.8 Å². The number of guanidine groups is 1. The summed E-state index contributed by atoms with van der Waals surface area (Å²) in [5.41, 5.74) is 1.09. The molecule has 0 saturated carbocycles. The van der Waals surface area contributed by atoms with Crippen LogP contribution in [-0.2, 0) is 16.3 Å². The molecule has 6 nitrogen and oxygen atoms in total. The van der Waals surface area contributed by atoms with Crippen LogP contribution >= 0.6 is 0 Å². The van der Waals surface area contributed by atoms with Crippen molar-refractivity contribution in [3.05, 3.63) is 29.8 Å². The molecule has 142 valence electrons. The molecule has 7 heteroatoms. The van der Waals surface area contributed by atoms with E-state index in [1.54, 1.807) is 19.2 Å². The molecule has 0 heterocycles. The Labute approximate surface area is 152 Å². The van der Waals surface area contributed by atoms with Crippen LogP contribution in [0.25, 0.3) is 0 Å². The topological polar surface area (TPSA) is 73.8 Å². The van der Waals surface area contributed by atoms with E-state index in [-0.39, 0.29) is 0 Å². The van der Waals surface area contributed by atoms with Gasteiger partial charge in [0.15, 0.2) is 15.8 Å². The SMILES string of the molecule is CCCCN(C)CCNC(=NC)NCCc1ccc(S(C)(=O)=O)cc1. The Morgan fingerprint density at radius 1 is 1.12 bits per heavy atom. The number of benzene rings is 1. The Bertz CT molecular complexity index is 627. The van der Waals surface area contributed by atoms with Gasteiger partial charge in [-0.15, -0.1) is 0 Å². The van der Waals surface area contributed by atoms with Crippen LogP contribution in [0.3, 0.4) is 0 Å². The summed E-state index contributed by atoms with van der Waals surface area (Å²) in [4.78, 5) is 6.89. The molecule has 1 aromatic carbocycles. The second kappa shape index (κ2) is 11.1. The fourth-order valence-corrected chi connectivity index (χ4v) is 2.98. The first-order chi connectivity index (χ1) is 11.9. The lowest BCUT2D eigenvalue weighted by atomic mass is 10.1. The summed E-state index contributed by atoms with van der Waals surface area (Å²) >= 11 is 0. The number of rotatable bonds is 10. The van der Waals surface area contributed by atoms with E-state index in [0.29, 0.717) is 4.90 Å². The molecule has 0 aliphatic carbocycles. The van der Waals surface area contributed by atoms with Gasteiger partial charge in [0.05, 0.1) is 4.90 Å². The summed E-state index contributed by atoms with van der Waals surface area (Å²) in [6.07, 6.45) is 4.47. The van der Waals surface area contributed by atoms with Gasteiger partial charge < -0.3 is 15.5 Å². The summed E-state index contributed by atoms with van der Waals surface area (Å²) in [6, 6.07) is 7.03. The van der Waals surface area contributed by atoms with Crippen molar-refractivity contribution in [3.8, 4) is 0 Å². The van der Waals surface area contributed by atoms with Crippen LogP contribution in [0.1, 0.15) is 25.3 Å². The Morgan fingerprint density at radius 2 is 1.76 bits per heavy atom. The number of nitrogens with zero attached hydrogens (tertiary/aromatic N) is 2. The minimum atomic E-state index is -3.13. The van der Waals surface area contributed by atoms with Gasteiger partial charge in [0.2, 0.25) is 0 Å². The fourth-order valence-electron chi connectivity index (χ4n) is 2.35. The highest BCUT2D eigenvalue weighted by Gasteiger charge is 2.06. The molecule has 0 bridgehead atoms. The minimum Gasteiger partial charge on any atom is -0.356 e. The highest BCUT2D eigenvalue weighted by atomic mass is 32.2. The van der Waals surface area contributed by atoms with Crippen LogP contribution in [-0.4, -0.2) is 65.8 Å². The smallest absolute Gasteiger partial charge is 0.191 e. The van der Waals surface area contributed by atoms with E-state index in [1.807, 2.05) is 12.1 Å². The van der Waals surface area contributed by atoms with Gasteiger partial charge >= 0.3 is 0 Å². The van der Waals surface area contributed by atoms with Crippen LogP contribution in [0.5, 0.6) is 0 Å². The third-order valence-electron chi connectivity index (χ3n) is 3.96. The predicted octanol–water partition coefficient (Wildman–Crippen LogP) is 1.53. The Hall–Kier alpha value is -1.60. The average Bonchev–Trinajstić information content (AvgIpc) is 2.58. The maximum atomic E-state index is 11.5. The van der Waals surface area contributed by atoms with E-state index >= 15 is 0 Å². The van der Waals surface area contributed by atoms with Gasteiger partial charge in [0.1, 0.15) is 0 Å². The fraction of sp³-hybridized carbons (Fsp3) is 0.611. The van der Waals surface area contributed by atoms with Gasteiger partial charge in [-0.25, -0.2) is 8.42 Å². The van der Waals surface area contributed by atoms with Gasteiger partial charge in [0, 0.05) is 32.9 Å². The van der Waals surface area contributed by atoms with Crippen molar-refractivity contribution in [2.75, 3.05) is 46.5 Å². The number of nitrogens with one attached hydrogen (secondary N) is 2. The van der Waals surface area contributed by atoms with Gasteiger partial charge in [-0.05, 0) is 44.1 Å². The van der Waals surface area contributed by atoms with Crippen molar-refractivity contribution in [1.82, 2.24) is 15.5 Å². The van der Waals surface area contributed by atoms with Crippen LogP contribution in [0.4, 0.5) is 0 Å². The van der Waals surface area contributed by atoms with Crippen LogP contribution in [0, 0.1) is 0 Å². The molecule has 0 saturated heterocycles. The minimum absolute atomic E-state index is 0.355. The molecule has 25 heavy (non-hydrogen) atoms. The number of hydrogen-bond acceptors (Lipinski definition) is 4. The van der Waals surface area contributed by atoms with E-state index in [2.05, 4.69) is 34.5 Å². The highest BCUT2D eigenvalue weighted by molar-refractivity contribution is 7.90. The van der Waals surface area contributed by atoms with Crippen molar-refractivity contribution in [2.24, 2.45) is 4.99 Å². The molecule has 0 aromatic heterocycles. The Kier molecular flexibility index (Phi) is 9.52. The maximum Gasteiger partial charge on any atom is 0.191 e. The van der Waals surface area contributed by atoms with Crippen molar-refractivity contribution in [3.63, 3.8) is 0 Å². The molecular weight excluding hydrogens is 336 g/mol. The van der Waals surface area contributed by atoms with E-state index in [4.69, 9.17) is 0 Å². The lowest BCUT2D eigenvalue weighted by Gasteiger charge is -2.18. The molecule has 0 fully saturated rings. The first kappa shape index (κ1) is 21.4. The number of sulfone groups is 1. The van der Waals surface area contributed by atoms with E-state index in [1.165, 1.54) is 19.1 Å². The van der Waals surface area contributed by atoms with Crippen LogP contribution < -0.4 is 10.6 Å².